The molecule has 1 aromatic carbocycles. The second-order valence-electron chi connectivity index (χ2n) is 5.43. The van der Waals surface area contributed by atoms with Crippen LogP contribution >= 0.6 is 0 Å². The van der Waals surface area contributed by atoms with Gasteiger partial charge in [0.15, 0.2) is 11.6 Å². The Hall–Kier alpha value is -2.44. The monoisotopic (exact) mass is 287 g/mol. The number of hydrogen-bond acceptors (Lipinski definition) is 5. The number of nitrogens with two attached hydrogens (primary N) is 1. The Labute approximate surface area is 121 Å². The standard InChI is InChI=1S/C14H17N5O2/c1-18-14(16-13(17-18)9-4-2-3-5-9)11-7-6-10(19(20)21)8-12(11)15/h6-9H,2-5,15H2,1H3. The molecular formula is C14H17N5O2. The first-order valence-electron chi connectivity index (χ1n) is 7.01. The first kappa shape index (κ1) is 13.5. The minimum Gasteiger partial charge on any atom is -0.398 e. The van der Waals surface area contributed by atoms with E-state index in [2.05, 4.69) is 10.1 Å². The van der Waals surface area contributed by atoms with Gasteiger partial charge in [0.2, 0.25) is 0 Å². The van der Waals surface area contributed by atoms with Crippen molar-refractivity contribution in [3.8, 4) is 11.4 Å². The number of nitro benzene ring substituents is 1. The van der Waals surface area contributed by atoms with Crippen molar-refractivity contribution < 1.29 is 4.92 Å². The smallest absolute Gasteiger partial charge is 0.271 e. The maximum absolute atomic E-state index is 10.8. The van der Waals surface area contributed by atoms with Crippen LogP contribution in [0, 0.1) is 10.1 Å². The molecular weight excluding hydrogens is 270 g/mol. The molecule has 7 heteroatoms. The van der Waals surface area contributed by atoms with Crippen LogP contribution in [0.2, 0.25) is 0 Å². The minimum absolute atomic E-state index is 0.0190. The van der Waals surface area contributed by atoms with Gasteiger partial charge in [0, 0.05) is 36.3 Å². The van der Waals surface area contributed by atoms with Gasteiger partial charge in [0.1, 0.15) is 0 Å². The number of anilines is 1. The number of nitrogens with zero attached hydrogens (tertiary/aromatic N) is 4. The molecule has 0 saturated heterocycles. The van der Waals surface area contributed by atoms with E-state index in [4.69, 9.17) is 5.73 Å². The summed E-state index contributed by atoms with van der Waals surface area (Å²) in [5, 5.41) is 15.2. The number of nitrogen functional groups attached to an aromatic ring is 1. The molecule has 110 valence electrons. The van der Waals surface area contributed by atoms with Crippen LogP contribution in [-0.4, -0.2) is 19.7 Å². The normalized spacial score (nSPS) is 15.5. The number of hydrogen-bond donors (Lipinski definition) is 1. The fraction of sp³-hybridized carbons (Fsp3) is 0.429. The Morgan fingerprint density at radius 2 is 2.10 bits per heavy atom. The molecule has 1 aliphatic rings. The fourth-order valence-corrected chi connectivity index (χ4v) is 2.86. The van der Waals surface area contributed by atoms with E-state index in [9.17, 15) is 10.1 Å². The van der Waals surface area contributed by atoms with Crippen molar-refractivity contribution in [3.05, 3.63) is 34.1 Å². The Bertz CT molecular complexity index is 689. The average Bonchev–Trinajstić information content (AvgIpc) is 3.08. The van der Waals surface area contributed by atoms with Crippen LogP contribution in [0.25, 0.3) is 11.4 Å². The third-order valence-corrected chi connectivity index (χ3v) is 3.99. The average molecular weight is 287 g/mol. The molecule has 0 amide bonds. The molecule has 0 unspecified atom stereocenters. The first-order chi connectivity index (χ1) is 10.1. The predicted molar refractivity (Wildman–Crippen MR) is 78.7 cm³/mol. The minimum atomic E-state index is -0.458. The molecule has 2 aromatic rings. The molecule has 0 radical (unpaired) electrons. The number of rotatable bonds is 3. The highest BCUT2D eigenvalue weighted by Crippen LogP contribution is 2.34. The van der Waals surface area contributed by atoms with Crippen molar-refractivity contribution >= 4 is 11.4 Å². The van der Waals surface area contributed by atoms with Crippen LogP contribution in [0.4, 0.5) is 11.4 Å². The van der Waals surface area contributed by atoms with Crippen molar-refractivity contribution in [2.75, 3.05) is 5.73 Å². The number of aryl methyl sites for hydroxylation is 1. The van der Waals surface area contributed by atoms with E-state index in [1.54, 1.807) is 10.7 Å². The van der Waals surface area contributed by atoms with E-state index in [1.165, 1.54) is 25.0 Å². The molecule has 1 fully saturated rings. The summed E-state index contributed by atoms with van der Waals surface area (Å²) in [6, 6.07) is 4.44. The van der Waals surface area contributed by atoms with E-state index in [0.717, 1.165) is 18.7 Å². The molecule has 1 saturated carbocycles. The van der Waals surface area contributed by atoms with Gasteiger partial charge in [-0.25, -0.2) is 9.67 Å². The van der Waals surface area contributed by atoms with Crippen LogP contribution in [0.15, 0.2) is 18.2 Å². The molecule has 0 bridgehead atoms. The van der Waals surface area contributed by atoms with Gasteiger partial charge in [-0.15, -0.1) is 0 Å². The Kier molecular flexibility index (Phi) is 3.32. The molecule has 21 heavy (non-hydrogen) atoms. The lowest BCUT2D eigenvalue weighted by molar-refractivity contribution is -0.384. The molecule has 0 atom stereocenters. The third kappa shape index (κ3) is 2.46. The van der Waals surface area contributed by atoms with Gasteiger partial charge >= 0.3 is 0 Å². The van der Waals surface area contributed by atoms with Crippen LogP contribution in [0.3, 0.4) is 0 Å². The Morgan fingerprint density at radius 1 is 1.38 bits per heavy atom. The number of benzene rings is 1. The lowest BCUT2D eigenvalue weighted by atomic mass is 10.1. The van der Waals surface area contributed by atoms with E-state index < -0.39 is 4.92 Å². The fourth-order valence-electron chi connectivity index (χ4n) is 2.86. The maximum atomic E-state index is 10.8. The van der Waals surface area contributed by atoms with Crippen LogP contribution in [0.1, 0.15) is 37.4 Å². The highest BCUT2D eigenvalue weighted by atomic mass is 16.6. The summed E-state index contributed by atoms with van der Waals surface area (Å²) < 4.78 is 1.70. The molecule has 0 aliphatic heterocycles. The van der Waals surface area contributed by atoms with Gasteiger partial charge in [-0.1, -0.05) is 12.8 Å². The second kappa shape index (κ2) is 5.16. The second-order valence-corrected chi connectivity index (χ2v) is 5.43. The molecule has 1 heterocycles. The zero-order valence-electron chi connectivity index (χ0n) is 11.8. The van der Waals surface area contributed by atoms with Crippen LogP contribution < -0.4 is 5.73 Å². The maximum Gasteiger partial charge on any atom is 0.271 e. The SMILES string of the molecule is Cn1nc(C2CCCC2)nc1-c1ccc([N+](=O)[O-])cc1N. The zero-order valence-corrected chi connectivity index (χ0v) is 11.8. The summed E-state index contributed by atoms with van der Waals surface area (Å²) >= 11 is 0. The molecule has 7 nitrogen and oxygen atoms in total. The Morgan fingerprint density at radius 3 is 2.71 bits per heavy atom. The van der Waals surface area contributed by atoms with Gasteiger partial charge in [0.05, 0.1) is 4.92 Å². The highest BCUT2D eigenvalue weighted by Gasteiger charge is 2.23. The topological polar surface area (TPSA) is 99.9 Å². The van der Waals surface area contributed by atoms with E-state index in [-0.39, 0.29) is 5.69 Å². The molecule has 0 spiro atoms. The van der Waals surface area contributed by atoms with Gasteiger partial charge in [-0.05, 0) is 18.9 Å². The summed E-state index contributed by atoms with van der Waals surface area (Å²) in [5.74, 6) is 1.93. The summed E-state index contributed by atoms with van der Waals surface area (Å²) in [7, 11) is 1.82. The summed E-state index contributed by atoms with van der Waals surface area (Å²) in [6.45, 7) is 0. The molecule has 3 rings (SSSR count). The van der Waals surface area contributed by atoms with Crippen LogP contribution in [0.5, 0.6) is 0 Å². The van der Waals surface area contributed by atoms with Crippen molar-refractivity contribution in [2.24, 2.45) is 7.05 Å². The summed E-state index contributed by atoms with van der Waals surface area (Å²) in [5.41, 5.74) is 6.94. The number of nitro groups is 1. The predicted octanol–water partition coefficient (Wildman–Crippen LogP) is 2.63. The largest absolute Gasteiger partial charge is 0.398 e. The van der Waals surface area contributed by atoms with Crippen LogP contribution in [-0.2, 0) is 7.05 Å². The summed E-state index contributed by atoms with van der Waals surface area (Å²) in [6.07, 6.45) is 4.69. The summed E-state index contributed by atoms with van der Waals surface area (Å²) in [4.78, 5) is 14.9. The van der Waals surface area contributed by atoms with E-state index >= 15 is 0 Å². The van der Waals surface area contributed by atoms with Crippen molar-refractivity contribution in [3.63, 3.8) is 0 Å². The van der Waals surface area contributed by atoms with Crippen molar-refractivity contribution in [1.82, 2.24) is 14.8 Å². The lowest BCUT2D eigenvalue weighted by Gasteiger charge is -2.04. The lowest BCUT2D eigenvalue weighted by Crippen LogP contribution is -1.99. The van der Waals surface area contributed by atoms with E-state index in [1.807, 2.05) is 7.05 Å². The highest BCUT2D eigenvalue weighted by molar-refractivity contribution is 5.74. The van der Waals surface area contributed by atoms with E-state index in [0.29, 0.717) is 23.0 Å². The quantitative estimate of drug-likeness (QED) is 0.531. The zero-order chi connectivity index (χ0) is 15.0. The van der Waals surface area contributed by atoms with Gasteiger partial charge < -0.3 is 5.73 Å². The number of non-ortho nitro benzene ring substituents is 1. The molecule has 2 N–H and O–H groups in total. The molecule has 1 aliphatic carbocycles. The van der Waals surface area contributed by atoms with Crippen molar-refractivity contribution in [2.45, 2.75) is 31.6 Å². The Balaban J connectivity index is 1.98. The first-order valence-corrected chi connectivity index (χ1v) is 7.01. The van der Waals surface area contributed by atoms with Crippen molar-refractivity contribution in [1.29, 1.82) is 0 Å². The third-order valence-electron chi connectivity index (χ3n) is 3.99. The van der Waals surface area contributed by atoms with Gasteiger partial charge in [-0.2, -0.15) is 5.10 Å². The number of aromatic nitrogens is 3. The van der Waals surface area contributed by atoms with Gasteiger partial charge in [-0.3, -0.25) is 10.1 Å². The van der Waals surface area contributed by atoms with Gasteiger partial charge in [0.25, 0.3) is 5.69 Å². The molecule has 1 aromatic heterocycles.